The Morgan fingerprint density at radius 2 is 2.06 bits per heavy atom. The second-order valence-electron chi connectivity index (χ2n) is 6.68. The molecule has 1 heterocycles. The summed E-state index contributed by atoms with van der Waals surface area (Å²) >= 11 is 6.01. The molecular formula is C20H18ClN3O7. The zero-order chi connectivity index (χ0) is 22.5. The molecule has 10 nitrogen and oxygen atoms in total. The predicted molar refractivity (Wildman–Crippen MR) is 111 cm³/mol. The number of methoxy groups -OCH3 is 1. The number of carbonyl (C=O) groups is 3. The zero-order valence-electron chi connectivity index (χ0n) is 16.4. The highest BCUT2D eigenvalue weighted by atomic mass is 35.5. The monoisotopic (exact) mass is 447 g/mol. The standard InChI is InChI=1S/C20H18ClN3O7/c1-30-17-6-5-13(21)8-16(17)23-10-12(7-19(23)26)20(27)31-11-18(25)22-14-3-2-4-15(9-14)24(28)29/h2-6,8-9,12H,7,10-11H2,1H3,(H,22,25)/t12-/m1/s1. The van der Waals surface area contributed by atoms with Gasteiger partial charge in [-0.05, 0) is 24.3 Å². The Labute approximate surface area is 181 Å². The van der Waals surface area contributed by atoms with Gasteiger partial charge in [0.2, 0.25) is 5.91 Å². The number of benzene rings is 2. The van der Waals surface area contributed by atoms with Gasteiger partial charge in [-0.25, -0.2) is 0 Å². The molecule has 1 aliphatic rings. The van der Waals surface area contributed by atoms with Gasteiger partial charge < -0.3 is 19.7 Å². The van der Waals surface area contributed by atoms with Gasteiger partial charge in [0, 0.05) is 35.8 Å². The molecule has 1 saturated heterocycles. The first-order valence-corrected chi connectivity index (χ1v) is 9.51. The molecule has 1 fully saturated rings. The summed E-state index contributed by atoms with van der Waals surface area (Å²) in [4.78, 5) is 48.4. The Morgan fingerprint density at radius 3 is 2.77 bits per heavy atom. The van der Waals surface area contributed by atoms with Crippen molar-refractivity contribution >= 4 is 46.4 Å². The van der Waals surface area contributed by atoms with Gasteiger partial charge in [-0.15, -0.1) is 0 Å². The summed E-state index contributed by atoms with van der Waals surface area (Å²) in [5.41, 5.74) is 0.458. The lowest BCUT2D eigenvalue weighted by Crippen LogP contribution is -2.28. The highest BCUT2D eigenvalue weighted by Gasteiger charge is 2.37. The van der Waals surface area contributed by atoms with Gasteiger partial charge in [-0.2, -0.15) is 0 Å². The van der Waals surface area contributed by atoms with E-state index in [0.717, 1.165) is 0 Å². The van der Waals surface area contributed by atoms with E-state index in [2.05, 4.69) is 5.32 Å². The van der Waals surface area contributed by atoms with Crippen LogP contribution in [-0.4, -0.2) is 43.0 Å². The number of nitro benzene ring substituents is 1. The second kappa shape index (κ2) is 9.43. The number of anilines is 2. The van der Waals surface area contributed by atoms with Crippen LogP contribution in [0.25, 0.3) is 0 Å². The van der Waals surface area contributed by atoms with E-state index in [-0.39, 0.29) is 30.2 Å². The lowest BCUT2D eigenvalue weighted by atomic mass is 10.1. The summed E-state index contributed by atoms with van der Waals surface area (Å²) in [5.74, 6) is -1.99. The number of esters is 1. The fourth-order valence-corrected chi connectivity index (χ4v) is 3.29. The van der Waals surface area contributed by atoms with Crippen LogP contribution in [0.4, 0.5) is 17.1 Å². The maximum Gasteiger partial charge on any atom is 0.311 e. The van der Waals surface area contributed by atoms with Crippen LogP contribution in [0.2, 0.25) is 5.02 Å². The third kappa shape index (κ3) is 5.28. The second-order valence-corrected chi connectivity index (χ2v) is 7.12. The number of rotatable bonds is 7. The normalized spacial score (nSPS) is 15.5. The zero-order valence-corrected chi connectivity index (χ0v) is 17.1. The SMILES string of the molecule is COc1ccc(Cl)cc1N1C[C@H](C(=O)OCC(=O)Nc2cccc([N+](=O)[O-])c2)CC1=O. The first-order chi connectivity index (χ1) is 14.8. The van der Waals surface area contributed by atoms with Gasteiger partial charge in [0.1, 0.15) is 5.75 Å². The van der Waals surface area contributed by atoms with E-state index in [9.17, 15) is 24.5 Å². The van der Waals surface area contributed by atoms with Crippen molar-refractivity contribution in [3.05, 3.63) is 57.6 Å². The van der Waals surface area contributed by atoms with Crippen molar-refractivity contribution in [3.63, 3.8) is 0 Å². The van der Waals surface area contributed by atoms with Crippen LogP contribution in [0.3, 0.4) is 0 Å². The van der Waals surface area contributed by atoms with Crippen molar-refractivity contribution in [2.45, 2.75) is 6.42 Å². The third-order valence-electron chi connectivity index (χ3n) is 4.58. The van der Waals surface area contributed by atoms with Crippen LogP contribution in [0, 0.1) is 16.0 Å². The molecule has 2 amide bonds. The maximum absolute atomic E-state index is 12.4. The fraction of sp³-hybridized carbons (Fsp3) is 0.250. The number of hydrogen-bond donors (Lipinski definition) is 1. The summed E-state index contributed by atoms with van der Waals surface area (Å²) in [6, 6.07) is 10.2. The Balaban J connectivity index is 1.57. The Hall–Kier alpha value is -3.66. The smallest absolute Gasteiger partial charge is 0.311 e. The summed E-state index contributed by atoms with van der Waals surface area (Å²) in [6.07, 6.45) is -0.0823. The van der Waals surface area contributed by atoms with Crippen LogP contribution in [0.5, 0.6) is 5.75 Å². The molecule has 0 radical (unpaired) electrons. The molecule has 0 unspecified atom stereocenters. The van der Waals surface area contributed by atoms with Crippen molar-refractivity contribution in [1.82, 2.24) is 0 Å². The number of nitrogens with one attached hydrogen (secondary N) is 1. The molecule has 0 aliphatic carbocycles. The number of nitro groups is 1. The third-order valence-corrected chi connectivity index (χ3v) is 4.81. The number of carbonyl (C=O) groups excluding carboxylic acids is 3. The number of amides is 2. The molecular weight excluding hydrogens is 430 g/mol. The molecule has 3 rings (SSSR count). The van der Waals surface area contributed by atoms with Crippen molar-refractivity contribution in [3.8, 4) is 5.75 Å². The van der Waals surface area contributed by atoms with E-state index in [1.54, 1.807) is 18.2 Å². The topological polar surface area (TPSA) is 128 Å². The van der Waals surface area contributed by atoms with E-state index in [4.69, 9.17) is 21.1 Å². The van der Waals surface area contributed by atoms with Crippen molar-refractivity contribution in [2.75, 3.05) is 30.5 Å². The minimum Gasteiger partial charge on any atom is -0.495 e. The number of non-ortho nitro benzene ring substituents is 1. The molecule has 1 N–H and O–H groups in total. The lowest BCUT2D eigenvalue weighted by Gasteiger charge is -2.19. The molecule has 0 saturated carbocycles. The van der Waals surface area contributed by atoms with Crippen molar-refractivity contribution < 1.29 is 28.8 Å². The number of nitrogens with zero attached hydrogens (tertiary/aromatic N) is 2. The van der Waals surface area contributed by atoms with Gasteiger partial charge in [0.05, 0.1) is 23.6 Å². The van der Waals surface area contributed by atoms with Crippen LogP contribution in [-0.2, 0) is 19.1 Å². The van der Waals surface area contributed by atoms with E-state index >= 15 is 0 Å². The van der Waals surface area contributed by atoms with Gasteiger partial charge >= 0.3 is 5.97 Å². The lowest BCUT2D eigenvalue weighted by molar-refractivity contribution is -0.384. The molecule has 0 aromatic heterocycles. The van der Waals surface area contributed by atoms with Crippen LogP contribution in [0.1, 0.15) is 6.42 Å². The number of hydrogen-bond acceptors (Lipinski definition) is 7. The minimum absolute atomic E-state index is 0.0564. The van der Waals surface area contributed by atoms with Gasteiger partial charge in [0.15, 0.2) is 6.61 Å². The van der Waals surface area contributed by atoms with Gasteiger partial charge in [-0.3, -0.25) is 24.5 Å². The largest absolute Gasteiger partial charge is 0.495 e. The minimum atomic E-state index is -0.762. The number of halogens is 1. The summed E-state index contributed by atoms with van der Waals surface area (Å²) in [5, 5.41) is 13.6. The summed E-state index contributed by atoms with van der Waals surface area (Å²) in [7, 11) is 1.46. The highest BCUT2D eigenvalue weighted by Crippen LogP contribution is 2.35. The molecule has 2 aromatic rings. The maximum atomic E-state index is 12.4. The van der Waals surface area contributed by atoms with Gasteiger partial charge in [0.25, 0.3) is 11.6 Å². The summed E-state index contributed by atoms with van der Waals surface area (Å²) < 4.78 is 10.3. The van der Waals surface area contributed by atoms with E-state index < -0.39 is 29.3 Å². The highest BCUT2D eigenvalue weighted by molar-refractivity contribution is 6.31. The van der Waals surface area contributed by atoms with Crippen LogP contribution >= 0.6 is 11.6 Å². The Kier molecular flexibility index (Phi) is 6.71. The molecule has 1 atom stereocenters. The molecule has 0 spiro atoms. The summed E-state index contributed by atoms with van der Waals surface area (Å²) in [6.45, 7) is -0.534. The van der Waals surface area contributed by atoms with Gasteiger partial charge in [-0.1, -0.05) is 17.7 Å². The Morgan fingerprint density at radius 1 is 1.29 bits per heavy atom. The Bertz CT molecular complexity index is 1040. The van der Waals surface area contributed by atoms with E-state index in [1.165, 1.54) is 36.3 Å². The van der Waals surface area contributed by atoms with Crippen LogP contribution < -0.4 is 15.0 Å². The van der Waals surface area contributed by atoms with Crippen molar-refractivity contribution in [2.24, 2.45) is 5.92 Å². The average Bonchev–Trinajstić information content (AvgIpc) is 3.13. The van der Waals surface area contributed by atoms with Crippen molar-refractivity contribution in [1.29, 1.82) is 0 Å². The average molecular weight is 448 g/mol. The molecule has 31 heavy (non-hydrogen) atoms. The first-order valence-electron chi connectivity index (χ1n) is 9.13. The predicted octanol–water partition coefficient (Wildman–Crippen LogP) is 2.79. The molecule has 162 valence electrons. The van der Waals surface area contributed by atoms with Crippen LogP contribution in [0.15, 0.2) is 42.5 Å². The molecule has 1 aliphatic heterocycles. The quantitative estimate of drug-likeness (QED) is 0.392. The molecule has 2 aromatic carbocycles. The fourth-order valence-electron chi connectivity index (χ4n) is 3.12. The van der Waals surface area contributed by atoms with E-state index in [0.29, 0.717) is 16.5 Å². The molecule has 0 bridgehead atoms. The number of ether oxygens (including phenoxy) is 2. The molecule has 11 heteroatoms. The first kappa shape index (κ1) is 22.0. The van der Waals surface area contributed by atoms with E-state index in [1.807, 2.05) is 0 Å².